The zero-order chi connectivity index (χ0) is 9.97. The van der Waals surface area contributed by atoms with Crippen molar-refractivity contribution in [3.8, 4) is 6.07 Å². The van der Waals surface area contributed by atoms with E-state index in [1.807, 2.05) is 0 Å². The Morgan fingerprint density at radius 3 is 3.29 bits per heavy atom. The van der Waals surface area contributed by atoms with E-state index in [1.165, 1.54) is 17.2 Å². The molecule has 0 spiro atoms. The predicted octanol–water partition coefficient (Wildman–Crippen LogP) is 0.803. The van der Waals surface area contributed by atoms with Crippen LogP contribution in [0.2, 0.25) is 0 Å². The molecule has 1 aromatic heterocycles. The lowest BCUT2D eigenvalue weighted by atomic mass is 10.2. The molecule has 1 unspecified atom stereocenters. The molecule has 2 heterocycles. The van der Waals surface area contributed by atoms with Crippen LogP contribution in [-0.4, -0.2) is 28.6 Å². The van der Waals surface area contributed by atoms with Gasteiger partial charge in [-0.05, 0) is 12.8 Å². The summed E-state index contributed by atoms with van der Waals surface area (Å²) in [5.41, 5.74) is 0.271. The summed E-state index contributed by atoms with van der Waals surface area (Å²) in [5, 5.41) is 12.3. The monoisotopic (exact) mass is 191 g/mol. The van der Waals surface area contributed by atoms with E-state index in [4.69, 9.17) is 5.26 Å². The highest BCUT2D eigenvalue weighted by Gasteiger charge is 2.30. The van der Waals surface area contributed by atoms with Gasteiger partial charge in [0.05, 0.1) is 6.07 Å². The average molecular weight is 191 g/mol. The van der Waals surface area contributed by atoms with Crippen LogP contribution in [0.1, 0.15) is 23.3 Å². The van der Waals surface area contributed by atoms with E-state index in [0.717, 1.165) is 12.8 Å². The number of nitriles is 1. The van der Waals surface area contributed by atoms with Crippen molar-refractivity contribution in [3.05, 3.63) is 18.0 Å². The largest absolute Gasteiger partial charge is 0.364 e. The van der Waals surface area contributed by atoms with Crippen molar-refractivity contribution in [3.63, 3.8) is 0 Å². The lowest BCUT2D eigenvalue weighted by molar-refractivity contribution is 0.0754. The quantitative estimate of drug-likeness (QED) is 0.658. The van der Waals surface area contributed by atoms with Gasteiger partial charge < -0.3 is 9.42 Å². The molecule has 0 saturated carbocycles. The molecule has 5 nitrogen and oxygen atoms in total. The Labute approximate surface area is 80.9 Å². The SMILES string of the molecule is N#CC1CCCN1C(=O)c1ccon1. The van der Waals surface area contributed by atoms with Crippen molar-refractivity contribution >= 4 is 5.91 Å². The number of aromatic nitrogens is 1. The topological polar surface area (TPSA) is 70.1 Å². The zero-order valence-electron chi connectivity index (χ0n) is 7.51. The number of amides is 1. The minimum absolute atomic E-state index is 0.220. The van der Waals surface area contributed by atoms with Gasteiger partial charge in [0.2, 0.25) is 0 Å². The Morgan fingerprint density at radius 2 is 2.64 bits per heavy atom. The summed E-state index contributed by atoms with van der Waals surface area (Å²) in [6, 6.07) is 3.31. The molecule has 14 heavy (non-hydrogen) atoms. The molecule has 0 aliphatic carbocycles. The summed E-state index contributed by atoms with van der Waals surface area (Å²) in [6.45, 7) is 0.629. The Morgan fingerprint density at radius 1 is 1.79 bits per heavy atom. The van der Waals surface area contributed by atoms with Crippen LogP contribution >= 0.6 is 0 Å². The fraction of sp³-hybridized carbons (Fsp3) is 0.444. The summed E-state index contributed by atoms with van der Waals surface area (Å²) in [7, 11) is 0. The molecule has 1 saturated heterocycles. The maximum absolute atomic E-state index is 11.7. The first kappa shape index (κ1) is 8.75. The Balaban J connectivity index is 2.16. The van der Waals surface area contributed by atoms with Gasteiger partial charge in [0.25, 0.3) is 5.91 Å². The third-order valence-electron chi connectivity index (χ3n) is 2.32. The van der Waals surface area contributed by atoms with E-state index in [-0.39, 0.29) is 17.6 Å². The molecule has 1 atom stereocenters. The van der Waals surface area contributed by atoms with E-state index in [2.05, 4.69) is 15.7 Å². The van der Waals surface area contributed by atoms with Crippen molar-refractivity contribution < 1.29 is 9.32 Å². The second-order valence-electron chi connectivity index (χ2n) is 3.17. The number of hydrogen-bond donors (Lipinski definition) is 0. The Hall–Kier alpha value is -1.83. The molecule has 0 N–H and O–H groups in total. The summed E-state index contributed by atoms with van der Waals surface area (Å²) < 4.78 is 4.58. The Bertz CT molecular complexity index is 366. The third-order valence-corrected chi connectivity index (χ3v) is 2.32. The van der Waals surface area contributed by atoms with Crippen LogP contribution in [0, 0.1) is 11.3 Å². The summed E-state index contributed by atoms with van der Waals surface area (Å²) in [6.07, 6.45) is 2.98. The van der Waals surface area contributed by atoms with Gasteiger partial charge in [0.15, 0.2) is 5.69 Å². The predicted molar refractivity (Wildman–Crippen MR) is 46.2 cm³/mol. The van der Waals surface area contributed by atoms with Crippen LogP contribution in [0.15, 0.2) is 16.9 Å². The highest BCUT2D eigenvalue weighted by molar-refractivity contribution is 5.92. The average Bonchev–Trinajstić information content (AvgIpc) is 2.87. The molecule has 72 valence electrons. The van der Waals surface area contributed by atoms with Crippen LogP contribution in [0.3, 0.4) is 0 Å². The number of hydrogen-bond acceptors (Lipinski definition) is 4. The van der Waals surface area contributed by atoms with Gasteiger partial charge in [-0.15, -0.1) is 0 Å². The van der Waals surface area contributed by atoms with Crippen molar-refractivity contribution in [2.24, 2.45) is 0 Å². The molecule has 1 amide bonds. The first-order valence-electron chi connectivity index (χ1n) is 4.44. The van der Waals surface area contributed by atoms with Crippen LogP contribution in [0.5, 0.6) is 0 Å². The van der Waals surface area contributed by atoms with Crippen LogP contribution in [0.4, 0.5) is 0 Å². The standard InChI is InChI=1S/C9H9N3O2/c10-6-7-2-1-4-12(7)9(13)8-3-5-14-11-8/h3,5,7H,1-2,4H2. The molecule has 2 rings (SSSR count). The van der Waals surface area contributed by atoms with Gasteiger partial charge in [-0.1, -0.05) is 5.16 Å². The maximum atomic E-state index is 11.7. The summed E-state index contributed by atoms with van der Waals surface area (Å²) in [5.74, 6) is -0.220. The van der Waals surface area contributed by atoms with Crippen LogP contribution in [-0.2, 0) is 0 Å². The number of nitrogens with zero attached hydrogens (tertiary/aromatic N) is 3. The normalized spacial score (nSPS) is 20.8. The highest BCUT2D eigenvalue weighted by Crippen LogP contribution is 2.18. The van der Waals surface area contributed by atoms with E-state index >= 15 is 0 Å². The molecule has 5 heteroatoms. The smallest absolute Gasteiger partial charge is 0.277 e. The van der Waals surface area contributed by atoms with Gasteiger partial charge in [-0.25, -0.2) is 0 Å². The molecular formula is C9H9N3O2. The van der Waals surface area contributed by atoms with E-state index < -0.39 is 0 Å². The molecule has 1 aliphatic heterocycles. The maximum Gasteiger partial charge on any atom is 0.277 e. The van der Waals surface area contributed by atoms with Gasteiger partial charge >= 0.3 is 0 Å². The minimum atomic E-state index is -0.306. The second-order valence-corrected chi connectivity index (χ2v) is 3.17. The van der Waals surface area contributed by atoms with Crippen LogP contribution in [0.25, 0.3) is 0 Å². The lowest BCUT2D eigenvalue weighted by Gasteiger charge is -2.17. The molecule has 0 bridgehead atoms. The van der Waals surface area contributed by atoms with Crippen molar-refractivity contribution in [2.75, 3.05) is 6.54 Å². The summed E-state index contributed by atoms with van der Waals surface area (Å²) >= 11 is 0. The molecule has 1 fully saturated rings. The zero-order valence-corrected chi connectivity index (χ0v) is 7.51. The number of carbonyl (C=O) groups excluding carboxylic acids is 1. The van der Waals surface area contributed by atoms with Gasteiger partial charge in [-0.3, -0.25) is 4.79 Å². The Kier molecular flexibility index (Phi) is 2.19. The number of likely N-dealkylation sites (tertiary alicyclic amines) is 1. The highest BCUT2D eigenvalue weighted by atomic mass is 16.5. The van der Waals surface area contributed by atoms with Crippen molar-refractivity contribution in [1.82, 2.24) is 10.1 Å². The fourth-order valence-corrected chi connectivity index (χ4v) is 1.61. The minimum Gasteiger partial charge on any atom is -0.364 e. The van der Waals surface area contributed by atoms with E-state index in [9.17, 15) is 4.79 Å². The number of carbonyl (C=O) groups is 1. The lowest BCUT2D eigenvalue weighted by Crippen LogP contribution is -2.34. The molecule has 1 aliphatic rings. The van der Waals surface area contributed by atoms with E-state index in [1.54, 1.807) is 0 Å². The first-order valence-corrected chi connectivity index (χ1v) is 4.44. The van der Waals surface area contributed by atoms with Crippen LogP contribution < -0.4 is 0 Å². The molecular weight excluding hydrogens is 182 g/mol. The van der Waals surface area contributed by atoms with E-state index in [0.29, 0.717) is 6.54 Å². The summed E-state index contributed by atoms with van der Waals surface area (Å²) in [4.78, 5) is 13.3. The van der Waals surface area contributed by atoms with Gasteiger partial charge in [0.1, 0.15) is 12.3 Å². The number of rotatable bonds is 1. The molecule has 0 radical (unpaired) electrons. The molecule has 1 aromatic rings. The van der Waals surface area contributed by atoms with Gasteiger partial charge in [-0.2, -0.15) is 5.26 Å². The third kappa shape index (κ3) is 1.35. The van der Waals surface area contributed by atoms with Gasteiger partial charge in [0, 0.05) is 12.6 Å². The first-order chi connectivity index (χ1) is 6.83. The second kappa shape index (κ2) is 3.50. The fourth-order valence-electron chi connectivity index (χ4n) is 1.61. The van der Waals surface area contributed by atoms with Crippen molar-refractivity contribution in [1.29, 1.82) is 5.26 Å². The van der Waals surface area contributed by atoms with Crippen molar-refractivity contribution in [2.45, 2.75) is 18.9 Å². The molecule has 0 aromatic carbocycles.